The molecular formula is C15H21BrN2O. The van der Waals surface area contributed by atoms with Gasteiger partial charge in [-0.25, -0.2) is 0 Å². The zero-order chi connectivity index (χ0) is 12.1. The number of fused-ring (bicyclic) bond motifs is 1. The molecule has 4 heteroatoms. The largest absolute Gasteiger partial charge is 0.412 e. The fourth-order valence-electron chi connectivity index (χ4n) is 1.68. The van der Waals surface area contributed by atoms with Crippen LogP contribution < -0.4 is 5.43 Å². The van der Waals surface area contributed by atoms with Crippen molar-refractivity contribution in [3.63, 3.8) is 0 Å². The molecule has 19 heavy (non-hydrogen) atoms. The molecule has 0 aliphatic rings. The third-order valence-corrected chi connectivity index (χ3v) is 2.57. The summed E-state index contributed by atoms with van der Waals surface area (Å²) in [5, 5.41) is 1.25. The highest BCUT2D eigenvalue weighted by Crippen LogP contribution is 2.12. The molecule has 1 aromatic heterocycles. The van der Waals surface area contributed by atoms with Gasteiger partial charge >= 0.3 is 0 Å². The molecule has 0 amide bonds. The molecule has 0 radical (unpaired) electrons. The molecule has 0 fully saturated rings. The maximum absolute atomic E-state index is 3.28. The van der Waals surface area contributed by atoms with Crippen molar-refractivity contribution < 1.29 is 5.48 Å². The van der Waals surface area contributed by atoms with Gasteiger partial charge in [0, 0.05) is 18.0 Å². The molecule has 0 aliphatic heterocycles. The molecule has 0 bridgehead atoms. The van der Waals surface area contributed by atoms with E-state index in [-0.39, 0.29) is 22.5 Å². The summed E-state index contributed by atoms with van der Waals surface area (Å²) in [7, 11) is 0. The Balaban J connectivity index is 0.00000162. The van der Waals surface area contributed by atoms with Gasteiger partial charge in [-0.05, 0) is 18.1 Å². The van der Waals surface area contributed by atoms with Crippen LogP contribution in [-0.2, 0) is 0 Å². The van der Waals surface area contributed by atoms with Crippen molar-refractivity contribution in [2.45, 2.75) is 20.3 Å². The third kappa shape index (κ3) is 4.98. The van der Waals surface area contributed by atoms with Crippen molar-refractivity contribution in [2.24, 2.45) is 5.92 Å². The average Bonchev–Trinajstić information content (AvgIpc) is 2.72. The van der Waals surface area contributed by atoms with Crippen molar-refractivity contribution in [3.8, 4) is 11.8 Å². The van der Waals surface area contributed by atoms with E-state index in [4.69, 9.17) is 0 Å². The highest BCUT2D eigenvalue weighted by atomic mass is 79.9. The molecule has 0 aliphatic carbocycles. The number of rotatable bonds is 3. The molecular weight excluding hydrogens is 304 g/mol. The summed E-state index contributed by atoms with van der Waals surface area (Å²) in [4.78, 5) is 0. The lowest BCUT2D eigenvalue weighted by molar-refractivity contribution is 0.675. The average molecular weight is 325 g/mol. The van der Waals surface area contributed by atoms with E-state index in [1.54, 1.807) is 0 Å². The topological polar surface area (TPSA) is 48.5 Å². The first-order chi connectivity index (χ1) is 8.27. The van der Waals surface area contributed by atoms with Crippen LogP contribution in [0.4, 0.5) is 0 Å². The molecule has 104 valence electrons. The smallest absolute Gasteiger partial charge is 0.0922 e. The fraction of sp³-hybridized carbons (Fsp3) is 0.333. The van der Waals surface area contributed by atoms with Crippen LogP contribution in [0.5, 0.6) is 0 Å². The zero-order valence-electron chi connectivity index (χ0n) is 11.3. The van der Waals surface area contributed by atoms with Crippen LogP contribution in [0.2, 0.25) is 0 Å². The minimum absolute atomic E-state index is 0. The van der Waals surface area contributed by atoms with Gasteiger partial charge in [0.1, 0.15) is 0 Å². The molecule has 0 atom stereocenters. The molecule has 2 rings (SSSR count). The van der Waals surface area contributed by atoms with Gasteiger partial charge < -0.3 is 10.9 Å². The lowest BCUT2D eigenvalue weighted by atomic mass is 10.1. The molecule has 0 saturated heterocycles. The second-order valence-electron chi connectivity index (χ2n) is 4.53. The van der Waals surface area contributed by atoms with E-state index in [0.29, 0.717) is 12.5 Å². The maximum atomic E-state index is 3.28. The fourth-order valence-corrected chi connectivity index (χ4v) is 1.68. The van der Waals surface area contributed by atoms with Crippen LogP contribution in [0.15, 0.2) is 36.5 Å². The second-order valence-corrected chi connectivity index (χ2v) is 4.53. The minimum Gasteiger partial charge on any atom is -0.412 e. The van der Waals surface area contributed by atoms with Gasteiger partial charge in [0.25, 0.3) is 0 Å². The van der Waals surface area contributed by atoms with Gasteiger partial charge in [0.15, 0.2) is 0 Å². The van der Waals surface area contributed by atoms with E-state index in [2.05, 4.69) is 55.4 Å². The lowest BCUT2D eigenvalue weighted by Crippen LogP contribution is -2.13. The normalized spacial score (nSPS) is 9.21. The Hall–Kier alpha value is -1.44. The Bertz CT molecular complexity index is 552. The molecule has 1 aromatic carbocycles. The number of nitrogens with zero attached hydrogens (tertiary/aromatic N) is 1. The van der Waals surface area contributed by atoms with Gasteiger partial charge in [0.2, 0.25) is 0 Å². The molecule has 3 nitrogen and oxygen atoms in total. The van der Waals surface area contributed by atoms with Gasteiger partial charge in [-0.3, -0.25) is 4.68 Å². The molecule has 3 N–H and O–H groups in total. The third-order valence-electron chi connectivity index (χ3n) is 2.57. The van der Waals surface area contributed by atoms with Crippen molar-refractivity contribution in [1.82, 2.24) is 4.68 Å². The maximum Gasteiger partial charge on any atom is 0.0922 e. The summed E-state index contributed by atoms with van der Waals surface area (Å²) in [6.07, 6.45) is 3.00. The second kappa shape index (κ2) is 8.63. The molecule has 1 heterocycles. The first kappa shape index (κ1) is 17.6. The van der Waals surface area contributed by atoms with Gasteiger partial charge in [-0.1, -0.05) is 38.0 Å². The lowest BCUT2D eigenvalue weighted by Gasteiger charge is -2.05. The number of hydrogen-bond donors (Lipinski definition) is 1. The minimum atomic E-state index is 0. The first-order valence-corrected chi connectivity index (χ1v) is 6.03. The van der Waals surface area contributed by atoms with Crippen molar-refractivity contribution in [2.75, 3.05) is 12.0 Å². The first-order valence-electron chi connectivity index (χ1n) is 6.03. The van der Waals surface area contributed by atoms with Crippen LogP contribution in [0.25, 0.3) is 10.9 Å². The van der Waals surface area contributed by atoms with E-state index in [1.165, 1.54) is 10.9 Å². The van der Waals surface area contributed by atoms with Crippen molar-refractivity contribution in [3.05, 3.63) is 36.5 Å². The van der Waals surface area contributed by atoms with Gasteiger partial charge in [-0.2, -0.15) is 0 Å². The van der Waals surface area contributed by atoms with Crippen LogP contribution in [0.3, 0.4) is 0 Å². The molecule has 0 saturated carbocycles. The predicted molar refractivity (Wildman–Crippen MR) is 87.3 cm³/mol. The molecule has 0 unspecified atom stereocenters. The SMILES string of the molecule is Br.CC(C)CC#CCNn1ccc2ccccc21.O. The molecule has 2 aromatic rings. The van der Waals surface area contributed by atoms with Crippen molar-refractivity contribution >= 4 is 27.9 Å². The monoisotopic (exact) mass is 324 g/mol. The van der Waals surface area contributed by atoms with Crippen LogP contribution >= 0.6 is 17.0 Å². The number of halogens is 1. The van der Waals surface area contributed by atoms with E-state index >= 15 is 0 Å². The summed E-state index contributed by atoms with van der Waals surface area (Å²) < 4.78 is 2.03. The van der Waals surface area contributed by atoms with E-state index in [9.17, 15) is 0 Å². The van der Waals surface area contributed by atoms with Crippen molar-refractivity contribution in [1.29, 1.82) is 0 Å². The predicted octanol–water partition coefficient (Wildman–Crippen LogP) is 2.99. The van der Waals surface area contributed by atoms with E-state index in [1.807, 2.05) is 16.9 Å². The Morgan fingerprint density at radius 1 is 1.16 bits per heavy atom. The summed E-state index contributed by atoms with van der Waals surface area (Å²) in [6, 6.07) is 10.4. The van der Waals surface area contributed by atoms with E-state index < -0.39 is 0 Å². The number of nitrogens with one attached hydrogen (secondary N) is 1. The Kier molecular flexibility index (Phi) is 7.97. The highest BCUT2D eigenvalue weighted by Gasteiger charge is 1.96. The summed E-state index contributed by atoms with van der Waals surface area (Å²) >= 11 is 0. The van der Waals surface area contributed by atoms with Gasteiger partial charge in [-0.15, -0.1) is 22.9 Å². The Morgan fingerprint density at radius 3 is 2.63 bits per heavy atom. The Labute approximate surface area is 125 Å². The molecule has 0 spiro atoms. The number of para-hydroxylation sites is 1. The summed E-state index contributed by atoms with van der Waals surface area (Å²) in [6.45, 7) is 5.05. The quantitative estimate of drug-likeness (QED) is 0.867. The number of hydrogen-bond acceptors (Lipinski definition) is 1. The van der Waals surface area contributed by atoms with Crippen LogP contribution in [0.1, 0.15) is 20.3 Å². The number of aromatic nitrogens is 1. The highest BCUT2D eigenvalue weighted by molar-refractivity contribution is 8.93. The van der Waals surface area contributed by atoms with E-state index in [0.717, 1.165) is 6.42 Å². The standard InChI is InChI=1S/C15H18N2.BrH.H2O/c1-13(2)7-5-6-11-16-17-12-10-14-8-3-4-9-15(14)17;;/h3-4,8-10,12-13,16H,7,11H2,1-2H3;1H;1H2. The Morgan fingerprint density at radius 2 is 1.89 bits per heavy atom. The summed E-state index contributed by atoms with van der Waals surface area (Å²) in [5.74, 6) is 6.96. The van der Waals surface area contributed by atoms with Crippen LogP contribution in [-0.4, -0.2) is 16.7 Å². The van der Waals surface area contributed by atoms with Crippen LogP contribution in [0, 0.1) is 17.8 Å². The zero-order valence-corrected chi connectivity index (χ0v) is 13.0. The number of benzene rings is 1. The summed E-state index contributed by atoms with van der Waals surface area (Å²) in [5.41, 5.74) is 4.48. The van der Waals surface area contributed by atoms with Gasteiger partial charge in [0.05, 0.1) is 12.1 Å².